The summed E-state index contributed by atoms with van der Waals surface area (Å²) in [6, 6.07) is 1.92. The number of nitrogens with two attached hydrogens (primary N) is 1. The highest BCUT2D eigenvalue weighted by Crippen LogP contribution is 1.91. The van der Waals surface area contributed by atoms with Crippen LogP contribution in [0.3, 0.4) is 0 Å². The van der Waals surface area contributed by atoms with Crippen LogP contribution in [-0.2, 0) is 0 Å². The molecular weight excluding hydrogens is 104 g/mol. The molecule has 0 saturated carbocycles. The Hall–Kier alpha value is -0.590. The van der Waals surface area contributed by atoms with E-state index in [1.165, 1.54) is 0 Å². The second-order valence-corrected chi connectivity index (χ2v) is 1.59. The Bertz CT molecular complexity index is 86.9. The van der Waals surface area contributed by atoms with Gasteiger partial charge < -0.3 is 10.8 Å². The zero-order valence-electron chi connectivity index (χ0n) is 4.67. The van der Waals surface area contributed by atoms with Crippen molar-refractivity contribution >= 4 is 0 Å². The Balaban J connectivity index is 3.01. The smallest absolute Gasteiger partial charge is 0.0672 e. The van der Waals surface area contributed by atoms with Gasteiger partial charge in [0.1, 0.15) is 0 Å². The highest BCUT2D eigenvalue weighted by molar-refractivity contribution is 4.71. The van der Waals surface area contributed by atoms with Gasteiger partial charge in [0.25, 0.3) is 0 Å². The first kappa shape index (κ1) is 7.41. The maximum atomic E-state index is 8.71. The lowest BCUT2D eigenvalue weighted by atomic mass is 10.2. The summed E-state index contributed by atoms with van der Waals surface area (Å²) >= 11 is 0. The summed E-state index contributed by atoms with van der Waals surface area (Å²) < 4.78 is 0. The number of hydrogen-bond donors (Lipinski definition) is 2. The molecule has 0 aliphatic heterocycles. The molecule has 3 nitrogen and oxygen atoms in total. The van der Waals surface area contributed by atoms with Gasteiger partial charge in [-0.15, -0.1) is 0 Å². The maximum absolute atomic E-state index is 8.71. The second kappa shape index (κ2) is 4.57. The van der Waals surface area contributed by atoms with E-state index in [0.29, 0.717) is 12.8 Å². The Morgan fingerprint density at radius 2 is 2.38 bits per heavy atom. The van der Waals surface area contributed by atoms with Crippen molar-refractivity contribution < 1.29 is 5.11 Å². The molecule has 0 spiro atoms. The van der Waals surface area contributed by atoms with E-state index in [0.717, 1.165) is 0 Å². The highest BCUT2D eigenvalue weighted by Gasteiger charge is 1.97. The van der Waals surface area contributed by atoms with Gasteiger partial charge in [-0.3, -0.25) is 0 Å². The minimum absolute atomic E-state index is 0.252. The van der Waals surface area contributed by atoms with Gasteiger partial charge in [-0.1, -0.05) is 0 Å². The van der Waals surface area contributed by atoms with Crippen LogP contribution in [0.5, 0.6) is 0 Å². The number of nitriles is 1. The molecule has 0 fully saturated rings. The van der Waals surface area contributed by atoms with E-state index in [9.17, 15) is 0 Å². The van der Waals surface area contributed by atoms with Gasteiger partial charge in [0.05, 0.1) is 12.2 Å². The standard InChI is InChI=1S/C5H10N2O/c6-3-1-2-5(8)4-7/h5,8H,1-2,4,7H2. The molecule has 1 atom stereocenters. The molecule has 0 bridgehead atoms. The second-order valence-electron chi connectivity index (χ2n) is 1.59. The number of rotatable bonds is 3. The van der Waals surface area contributed by atoms with E-state index < -0.39 is 6.10 Å². The lowest BCUT2D eigenvalue weighted by Gasteiger charge is -2.00. The first-order valence-corrected chi connectivity index (χ1v) is 2.56. The molecule has 0 rings (SSSR count). The van der Waals surface area contributed by atoms with Gasteiger partial charge in [-0.2, -0.15) is 5.26 Å². The highest BCUT2D eigenvalue weighted by atomic mass is 16.3. The summed E-state index contributed by atoms with van der Waals surface area (Å²) in [4.78, 5) is 0. The molecule has 0 heterocycles. The van der Waals surface area contributed by atoms with Gasteiger partial charge in [0.15, 0.2) is 0 Å². The monoisotopic (exact) mass is 114 g/mol. The molecule has 1 unspecified atom stereocenters. The molecule has 0 saturated heterocycles. The van der Waals surface area contributed by atoms with Crippen LogP contribution in [-0.4, -0.2) is 17.8 Å². The first-order chi connectivity index (χ1) is 3.81. The van der Waals surface area contributed by atoms with Crippen molar-refractivity contribution in [2.75, 3.05) is 6.54 Å². The van der Waals surface area contributed by atoms with Crippen LogP contribution in [0.25, 0.3) is 0 Å². The van der Waals surface area contributed by atoms with Crippen LogP contribution < -0.4 is 5.73 Å². The molecule has 8 heavy (non-hydrogen) atoms. The number of aliphatic hydroxyl groups is 1. The van der Waals surface area contributed by atoms with E-state index >= 15 is 0 Å². The molecule has 0 aliphatic rings. The van der Waals surface area contributed by atoms with Crippen molar-refractivity contribution in [1.29, 1.82) is 5.26 Å². The summed E-state index contributed by atoms with van der Waals surface area (Å²) in [5, 5.41) is 16.7. The summed E-state index contributed by atoms with van der Waals surface area (Å²) in [5.74, 6) is 0. The van der Waals surface area contributed by atoms with Crippen molar-refractivity contribution in [2.24, 2.45) is 5.73 Å². The molecule has 0 radical (unpaired) electrons. The Morgan fingerprint density at radius 3 is 2.75 bits per heavy atom. The predicted molar refractivity (Wildman–Crippen MR) is 29.9 cm³/mol. The van der Waals surface area contributed by atoms with Crippen LogP contribution in [0, 0.1) is 11.3 Å². The minimum Gasteiger partial charge on any atom is -0.392 e. The van der Waals surface area contributed by atoms with E-state index in [1.807, 2.05) is 6.07 Å². The number of aliphatic hydroxyl groups excluding tert-OH is 1. The first-order valence-electron chi connectivity index (χ1n) is 2.56. The fourth-order valence-corrected chi connectivity index (χ4v) is 0.349. The lowest BCUT2D eigenvalue weighted by Crippen LogP contribution is -2.18. The molecule has 46 valence electrons. The zero-order chi connectivity index (χ0) is 6.41. The molecule has 0 amide bonds. The van der Waals surface area contributed by atoms with Crippen LogP contribution in [0.4, 0.5) is 0 Å². The van der Waals surface area contributed by atoms with Gasteiger partial charge >= 0.3 is 0 Å². The summed E-state index contributed by atoms with van der Waals surface area (Å²) in [6.07, 6.45) is 0.389. The molecular formula is C5H10N2O. The normalized spacial score (nSPS) is 12.6. The predicted octanol–water partition coefficient (Wildman–Crippen LogP) is -0.390. The van der Waals surface area contributed by atoms with Crippen LogP contribution in [0.1, 0.15) is 12.8 Å². The van der Waals surface area contributed by atoms with Crippen LogP contribution in [0.2, 0.25) is 0 Å². The Kier molecular flexibility index (Phi) is 4.23. The average molecular weight is 114 g/mol. The minimum atomic E-state index is -0.491. The third-order valence-corrected chi connectivity index (χ3v) is 0.861. The lowest BCUT2D eigenvalue weighted by molar-refractivity contribution is 0.174. The van der Waals surface area contributed by atoms with Crippen molar-refractivity contribution in [3.8, 4) is 6.07 Å². The topological polar surface area (TPSA) is 70.0 Å². The Labute approximate surface area is 48.7 Å². The van der Waals surface area contributed by atoms with Gasteiger partial charge in [0.2, 0.25) is 0 Å². The molecule has 0 aromatic heterocycles. The van der Waals surface area contributed by atoms with E-state index in [1.54, 1.807) is 0 Å². The van der Waals surface area contributed by atoms with Crippen molar-refractivity contribution in [3.63, 3.8) is 0 Å². The third-order valence-electron chi connectivity index (χ3n) is 0.861. The van der Waals surface area contributed by atoms with Gasteiger partial charge in [-0.05, 0) is 6.42 Å². The molecule has 0 aliphatic carbocycles. The Morgan fingerprint density at radius 1 is 1.75 bits per heavy atom. The zero-order valence-corrected chi connectivity index (χ0v) is 4.67. The van der Waals surface area contributed by atoms with Crippen LogP contribution in [0.15, 0.2) is 0 Å². The summed E-state index contributed by atoms with van der Waals surface area (Å²) in [5.41, 5.74) is 5.05. The molecule has 0 aromatic rings. The quantitative estimate of drug-likeness (QED) is 0.525. The molecule has 3 N–H and O–H groups in total. The third kappa shape index (κ3) is 3.59. The largest absolute Gasteiger partial charge is 0.392 e. The summed E-state index contributed by atoms with van der Waals surface area (Å²) in [6.45, 7) is 0.252. The van der Waals surface area contributed by atoms with Crippen molar-refractivity contribution in [2.45, 2.75) is 18.9 Å². The number of hydrogen-bond acceptors (Lipinski definition) is 3. The fourth-order valence-electron chi connectivity index (χ4n) is 0.349. The van der Waals surface area contributed by atoms with Crippen molar-refractivity contribution in [1.82, 2.24) is 0 Å². The van der Waals surface area contributed by atoms with Crippen molar-refractivity contribution in [3.05, 3.63) is 0 Å². The van der Waals surface area contributed by atoms with Gasteiger partial charge in [0, 0.05) is 13.0 Å². The van der Waals surface area contributed by atoms with Crippen LogP contribution >= 0.6 is 0 Å². The average Bonchev–Trinajstić information content (AvgIpc) is 1.83. The van der Waals surface area contributed by atoms with E-state index in [4.69, 9.17) is 16.1 Å². The fraction of sp³-hybridized carbons (Fsp3) is 0.800. The maximum Gasteiger partial charge on any atom is 0.0672 e. The van der Waals surface area contributed by atoms with Gasteiger partial charge in [-0.25, -0.2) is 0 Å². The van der Waals surface area contributed by atoms with E-state index in [-0.39, 0.29) is 6.54 Å². The SMILES string of the molecule is N#CCCC(O)CN. The molecule has 0 aromatic carbocycles. The van der Waals surface area contributed by atoms with E-state index in [2.05, 4.69) is 0 Å². The number of nitrogens with zero attached hydrogens (tertiary/aromatic N) is 1. The molecule has 3 heteroatoms. The summed E-state index contributed by atoms with van der Waals surface area (Å²) in [7, 11) is 0.